The van der Waals surface area contributed by atoms with E-state index in [-0.39, 0.29) is 0 Å². The van der Waals surface area contributed by atoms with Crippen molar-refractivity contribution in [1.29, 1.82) is 0 Å². The fourth-order valence-electron chi connectivity index (χ4n) is 3.20. The number of nitrogens with one attached hydrogen (secondary N) is 1. The van der Waals surface area contributed by atoms with E-state index in [2.05, 4.69) is 50.5 Å². The second-order valence-corrected chi connectivity index (χ2v) is 6.29. The summed E-state index contributed by atoms with van der Waals surface area (Å²) in [6.07, 6.45) is 5.88. The number of pyridine rings is 1. The summed E-state index contributed by atoms with van der Waals surface area (Å²) in [7, 11) is 0. The summed E-state index contributed by atoms with van der Waals surface area (Å²) in [5, 5.41) is 3.39. The Morgan fingerprint density at radius 1 is 1.12 bits per heavy atom. The van der Waals surface area contributed by atoms with Crippen molar-refractivity contribution in [1.82, 2.24) is 15.0 Å². The third-order valence-electron chi connectivity index (χ3n) is 4.39. The summed E-state index contributed by atoms with van der Waals surface area (Å²) in [6.45, 7) is 3.65. The van der Waals surface area contributed by atoms with Gasteiger partial charge in [0.15, 0.2) is 0 Å². The number of hydrogen-bond donors (Lipinski definition) is 1. The summed E-state index contributed by atoms with van der Waals surface area (Å²) in [6, 6.07) is 14.5. The maximum atomic E-state index is 4.75. The first kappa shape index (κ1) is 15.6. The van der Waals surface area contributed by atoms with Crippen LogP contribution < -0.4 is 10.2 Å². The Kier molecular flexibility index (Phi) is 4.29. The van der Waals surface area contributed by atoms with E-state index in [0.29, 0.717) is 6.54 Å². The SMILES string of the molecule is Cc1cc(NCc2cccnc2)nc(N2CCCc3ccccc32)n1. The molecular formula is C20H21N5. The van der Waals surface area contributed by atoms with Crippen molar-refractivity contribution in [2.75, 3.05) is 16.8 Å². The van der Waals surface area contributed by atoms with E-state index < -0.39 is 0 Å². The fourth-order valence-corrected chi connectivity index (χ4v) is 3.20. The van der Waals surface area contributed by atoms with Gasteiger partial charge in [0.05, 0.1) is 0 Å². The molecule has 1 N–H and O–H groups in total. The minimum atomic E-state index is 0.695. The lowest BCUT2D eigenvalue weighted by Crippen LogP contribution is -2.26. The smallest absolute Gasteiger partial charge is 0.232 e. The van der Waals surface area contributed by atoms with Gasteiger partial charge in [0.25, 0.3) is 0 Å². The number of fused-ring (bicyclic) bond motifs is 1. The van der Waals surface area contributed by atoms with Crippen LogP contribution in [-0.2, 0) is 13.0 Å². The van der Waals surface area contributed by atoms with Crippen LogP contribution in [0.1, 0.15) is 23.2 Å². The molecule has 1 aromatic carbocycles. The van der Waals surface area contributed by atoms with Gasteiger partial charge in [-0.1, -0.05) is 24.3 Å². The van der Waals surface area contributed by atoms with Crippen molar-refractivity contribution in [2.45, 2.75) is 26.3 Å². The maximum Gasteiger partial charge on any atom is 0.232 e. The normalized spacial score (nSPS) is 13.4. The topological polar surface area (TPSA) is 53.9 Å². The predicted octanol–water partition coefficient (Wildman–Crippen LogP) is 3.88. The second-order valence-electron chi connectivity index (χ2n) is 6.29. The standard InChI is InChI=1S/C20H21N5/c1-15-12-19(22-14-16-6-4-10-21-13-16)24-20(23-15)25-11-5-8-17-7-2-3-9-18(17)25/h2-4,6-7,9-10,12-13H,5,8,11,14H2,1H3,(H,22,23,24). The molecule has 25 heavy (non-hydrogen) atoms. The van der Waals surface area contributed by atoms with Crippen LogP contribution in [0, 0.1) is 6.92 Å². The van der Waals surface area contributed by atoms with E-state index in [1.807, 2.05) is 25.3 Å². The van der Waals surface area contributed by atoms with E-state index in [1.54, 1.807) is 6.20 Å². The Morgan fingerprint density at radius 3 is 2.92 bits per heavy atom. The first-order valence-corrected chi connectivity index (χ1v) is 8.63. The number of aryl methyl sites for hydroxylation is 2. The molecule has 3 heterocycles. The largest absolute Gasteiger partial charge is 0.366 e. The molecule has 0 fully saturated rings. The Balaban J connectivity index is 1.60. The van der Waals surface area contributed by atoms with Crippen molar-refractivity contribution in [2.24, 2.45) is 0 Å². The molecule has 0 saturated heterocycles. The molecule has 4 rings (SSSR count). The van der Waals surface area contributed by atoms with Crippen LogP contribution in [0.25, 0.3) is 0 Å². The number of nitrogens with zero attached hydrogens (tertiary/aromatic N) is 4. The molecule has 2 aromatic heterocycles. The maximum absolute atomic E-state index is 4.75. The number of anilines is 3. The van der Waals surface area contributed by atoms with Crippen molar-refractivity contribution in [3.05, 3.63) is 71.7 Å². The Morgan fingerprint density at radius 2 is 2.04 bits per heavy atom. The van der Waals surface area contributed by atoms with Crippen molar-refractivity contribution in [3.8, 4) is 0 Å². The van der Waals surface area contributed by atoms with Crippen LogP contribution >= 0.6 is 0 Å². The Hall–Kier alpha value is -2.95. The van der Waals surface area contributed by atoms with Gasteiger partial charge in [-0.05, 0) is 43.0 Å². The van der Waals surface area contributed by atoms with Crippen molar-refractivity contribution in [3.63, 3.8) is 0 Å². The second kappa shape index (κ2) is 6.89. The van der Waals surface area contributed by atoms with Crippen LogP contribution in [0.2, 0.25) is 0 Å². The van der Waals surface area contributed by atoms with Gasteiger partial charge in [-0.25, -0.2) is 4.98 Å². The first-order chi connectivity index (χ1) is 12.3. The zero-order valence-corrected chi connectivity index (χ0v) is 14.3. The van der Waals surface area contributed by atoms with Crippen LogP contribution in [0.5, 0.6) is 0 Å². The molecule has 0 radical (unpaired) electrons. The van der Waals surface area contributed by atoms with Crippen LogP contribution in [-0.4, -0.2) is 21.5 Å². The number of aromatic nitrogens is 3. The predicted molar refractivity (Wildman–Crippen MR) is 100 cm³/mol. The molecule has 1 aliphatic heterocycles. The molecular weight excluding hydrogens is 310 g/mol. The molecule has 0 atom stereocenters. The lowest BCUT2D eigenvalue weighted by Gasteiger charge is -2.29. The monoisotopic (exact) mass is 331 g/mol. The van der Waals surface area contributed by atoms with Crippen molar-refractivity contribution < 1.29 is 0 Å². The lowest BCUT2D eigenvalue weighted by molar-refractivity contribution is 0.749. The average molecular weight is 331 g/mol. The molecule has 0 bridgehead atoms. The van der Waals surface area contributed by atoms with E-state index in [0.717, 1.165) is 42.4 Å². The molecule has 0 spiro atoms. The minimum Gasteiger partial charge on any atom is -0.366 e. The zero-order valence-electron chi connectivity index (χ0n) is 14.3. The average Bonchev–Trinajstić information content (AvgIpc) is 2.66. The van der Waals surface area contributed by atoms with Gasteiger partial charge in [-0.15, -0.1) is 0 Å². The number of para-hydroxylation sites is 1. The van der Waals surface area contributed by atoms with Gasteiger partial charge >= 0.3 is 0 Å². The zero-order chi connectivity index (χ0) is 17.1. The van der Waals surface area contributed by atoms with E-state index >= 15 is 0 Å². The first-order valence-electron chi connectivity index (χ1n) is 8.63. The van der Waals surface area contributed by atoms with Crippen LogP contribution in [0.3, 0.4) is 0 Å². The summed E-state index contributed by atoms with van der Waals surface area (Å²) in [4.78, 5) is 15.8. The molecule has 3 aromatic rings. The number of hydrogen-bond acceptors (Lipinski definition) is 5. The molecule has 0 amide bonds. The van der Waals surface area contributed by atoms with E-state index in [1.165, 1.54) is 11.3 Å². The van der Waals surface area contributed by atoms with Gasteiger partial charge in [0.2, 0.25) is 5.95 Å². The molecule has 126 valence electrons. The van der Waals surface area contributed by atoms with Crippen LogP contribution in [0.4, 0.5) is 17.5 Å². The molecule has 1 aliphatic rings. The summed E-state index contributed by atoms with van der Waals surface area (Å²) in [5.74, 6) is 1.61. The summed E-state index contributed by atoms with van der Waals surface area (Å²) >= 11 is 0. The summed E-state index contributed by atoms with van der Waals surface area (Å²) in [5.41, 5.74) is 4.67. The van der Waals surface area contributed by atoms with Crippen molar-refractivity contribution >= 4 is 17.5 Å². The highest BCUT2D eigenvalue weighted by Gasteiger charge is 2.20. The minimum absolute atomic E-state index is 0.695. The fraction of sp³-hybridized carbons (Fsp3) is 0.250. The van der Waals surface area contributed by atoms with Gasteiger partial charge < -0.3 is 10.2 Å². The van der Waals surface area contributed by atoms with Gasteiger partial charge in [-0.3, -0.25) is 4.98 Å². The molecule has 0 aliphatic carbocycles. The third-order valence-corrected chi connectivity index (χ3v) is 4.39. The van der Waals surface area contributed by atoms with Gasteiger partial charge in [-0.2, -0.15) is 4.98 Å². The molecule has 0 unspecified atom stereocenters. The van der Waals surface area contributed by atoms with E-state index in [4.69, 9.17) is 4.98 Å². The quantitative estimate of drug-likeness (QED) is 0.786. The highest BCUT2D eigenvalue weighted by molar-refractivity contribution is 5.64. The third kappa shape index (κ3) is 3.45. The number of rotatable bonds is 4. The van der Waals surface area contributed by atoms with Gasteiger partial charge in [0, 0.05) is 42.9 Å². The van der Waals surface area contributed by atoms with Crippen LogP contribution in [0.15, 0.2) is 54.9 Å². The molecule has 5 nitrogen and oxygen atoms in total. The highest BCUT2D eigenvalue weighted by Crippen LogP contribution is 2.31. The molecule has 5 heteroatoms. The number of benzene rings is 1. The Bertz CT molecular complexity index is 863. The molecule has 0 saturated carbocycles. The lowest BCUT2D eigenvalue weighted by atomic mass is 10.0. The van der Waals surface area contributed by atoms with E-state index in [9.17, 15) is 0 Å². The summed E-state index contributed by atoms with van der Waals surface area (Å²) < 4.78 is 0. The highest BCUT2D eigenvalue weighted by atomic mass is 15.3. The Labute approximate surface area is 147 Å². The van der Waals surface area contributed by atoms with Gasteiger partial charge in [0.1, 0.15) is 5.82 Å².